The van der Waals surface area contributed by atoms with Crippen LogP contribution in [0, 0.1) is 13.8 Å². The first-order valence-electron chi connectivity index (χ1n) is 8.03. The van der Waals surface area contributed by atoms with Gasteiger partial charge in [0, 0.05) is 0 Å². The first-order valence-corrected chi connectivity index (χ1v) is 8.85. The maximum atomic E-state index is 12.1. The van der Waals surface area contributed by atoms with Crippen molar-refractivity contribution in [2.75, 3.05) is 19.0 Å². The molecule has 0 spiro atoms. The molecule has 0 aliphatic carbocycles. The van der Waals surface area contributed by atoms with Gasteiger partial charge in [-0.05, 0) is 49.2 Å². The second-order valence-electron chi connectivity index (χ2n) is 5.70. The Morgan fingerprint density at radius 3 is 2.69 bits per heavy atom. The van der Waals surface area contributed by atoms with E-state index in [1.807, 2.05) is 56.3 Å². The molecule has 0 saturated heterocycles. The molecule has 6 nitrogen and oxygen atoms in total. The Hall–Kier alpha value is -2.93. The summed E-state index contributed by atoms with van der Waals surface area (Å²) < 4.78 is 10.9. The van der Waals surface area contributed by atoms with E-state index in [9.17, 15) is 4.79 Å². The van der Waals surface area contributed by atoms with E-state index in [4.69, 9.17) is 9.47 Å². The number of aromatic nitrogens is 2. The Morgan fingerprint density at radius 1 is 1.12 bits per heavy atom. The van der Waals surface area contributed by atoms with Crippen LogP contribution in [-0.4, -0.2) is 29.8 Å². The SMILES string of the molecule is COc1ccccc1-c1nnc(NC(=O)COc2ccc(C)c(C)c2)s1. The summed E-state index contributed by atoms with van der Waals surface area (Å²) in [5.74, 6) is 1.08. The van der Waals surface area contributed by atoms with E-state index < -0.39 is 0 Å². The van der Waals surface area contributed by atoms with Crippen molar-refractivity contribution in [2.45, 2.75) is 13.8 Å². The van der Waals surface area contributed by atoms with Crippen molar-refractivity contribution in [3.8, 4) is 22.1 Å². The third-order valence-corrected chi connectivity index (χ3v) is 4.73. The van der Waals surface area contributed by atoms with E-state index in [2.05, 4.69) is 15.5 Å². The number of ether oxygens (including phenoxy) is 2. The average molecular weight is 369 g/mol. The number of amides is 1. The molecule has 0 atom stereocenters. The van der Waals surface area contributed by atoms with E-state index in [1.165, 1.54) is 16.9 Å². The van der Waals surface area contributed by atoms with Crippen LogP contribution in [0.2, 0.25) is 0 Å². The normalized spacial score (nSPS) is 10.4. The first-order chi connectivity index (χ1) is 12.6. The second kappa shape index (κ2) is 7.97. The number of nitrogens with zero attached hydrogens (tertiary/aromatic N) is 2. The lowest BCUT2D eigenvalue weighted by atomic mass is 10.1. The minimum Gasteiger partial charge on any atom is -0.496 e. The van der Waals surface area contributed by atoms with Crippen LogP contribution < -0.4 is 14.8 Å². The van der Waals surface area contributed by atoms with Crippen molar-refractivity contribution < 1.29 is 14.3 Å². The maximum Gasteiger partial charge on any atom is 0.264 e. The fraction of sp³-hybridized carbons (Fsp3) is 0.211. The van der Waals surface area contributed by atoms with Gasteiger partial charge >= 0.3 is 0 Å². The zero-order valence-electron chi connectivity index (χ0n) is 14.8. The lowest BCUT2D eigenvalue weighted by Crippen LogP contribution is -2.20. The molecule has 1 heterocycles. The number of anilines is 1. The fourth-order valence-corrected chi connectivity index (χ4v) is 3.10. The predicted octanol–water partition coefficient (Wildman–Crippen LogP) is 3.85. The molecular formula is C19H19N3O3S. The van der Waals surface area contributed by atoms with Gasteiger partial charge in [0.25, 0.3) is 5.91 Å². The van der Waals surface area contributed by atoms with Gasteiger partial charge < -0.3 is 9.47 Å². The van der Waals surface area contributed by atoms with Gasteiger partial charge in [-0.2, -0.15) is 0 Å². The Morgan fingerprint density at radius 2 is 1.92 bits per heavy atom. The van der Waals surface area contributed by atoms with Gasteiger partial charge in [0.1, 0.15) is 11.5 Å². The third-order valence-electron chi connectivity index (χ3n) is 3.86. The highest BCUT2D eigenvalue weighted by Gasteiger charge is 2.13. The van der Waals surface area contributed by atoms with E-state index in [-0.39, 0.29) is 12.5 Å². The van der Waals surface area contributed by atoms with E-state index in [0.29, 0.717) is 21.6 Å². The number of hydrogen-bond acceptors (Lipinski definition) is 6. The van der Waals surface area contributed by atoms with Crippen molar-refractivity contribution in [1.82, 2.24) is 10.2 Å². The summed E-state index contributed by atoms with van der Waals surface area (Å²) in [6.07, 6.45) is 0. The molecule has 1 aromatic heterocycles. The van der Waals surface area contributed by atoms with Crippen molar-refractivity contribution in [3.63, 3.8) is 0 Å². The van der Waals surface area contributed by atoms with Gasteiger partial charge in [0.2, 0.25) is 5.13 Å². The van der Waals surface area contributed by atoms with Gasteiger partial charge in [-0.3, -0.25) is 10.1 Å². The van der Waals surface area contributed by atoms with E-state index in [0.717, 1.165) is 11.1 Å². The molecule has 134 valence electrons. The summed E-state index contributed by atoms with van der Waals surface area (Å²) in [4.78, 5) is 12.1. The van der Waals surface area contributed by atoms with Crippen molar-refractivity contribution in [1.29, 1.82) is 0 Å². The molecular weight excluding hydrogens is 350 g/mol. The number of para-hydroxylation sites is 1. The van der Waals surface area contributed by atoms with Crippen LogP contribution in [0.25, 0.3) is 10.6 Å². The van der Waals surface area contributed by atoms with Crippen LogP contribution in [0.5, 0.6) is 11.5 Å². The fourth-order valence-electron chi connectivity index (χ4n) is 2.31. The number of aryl methyl sites for hydroxylation is 2. The van der Waals surface area contributed by atoms with Crippen molar-refractivity contribution >= 4 is 22.4 Å². The van der Waals surface area contributed by atoms with Crippen LogP contribution in [0.4, 0.5) is 5.13 Å². The number of benzene rings is 2. The molecule has 2 aromatic carbocycles. The lowest BCUT2D eigenvalue weighted by molar-refractivity contribution is -0.118. The highest BCUT2D eigenvalue weighted by atomic mass is 32.1. The van der Waals surface area contributed by atoms with Gasteiger partial charge in [0.05, 0.1) is 12.7 Å². The molecule has 1 N–H and O–H groups in total. The molecule has 7 heteroatoms. The number of carbonyl (C=O) groups is 1. The lowest BCUT2D eigenvalue weighted by Gasteiger charge is -2.07. The van der Waals surface area contributed by atoms with E-state index in [1.54, 1.807) is 7.11 Å². The zero-order valence-corrected chi connectivity index (χ0v) is 15.6. The summed E-state index contributed by atoms with van der Waals surface area (Å²) in [6, 6.07) is 13.3. The van der Waals surface area contributed by atoms with Gasteiger partial charge in [-0.1, -0.05) is 29.5 Å². The van der Waals surface area contributed by atoms with Crippen LogP contribution in [-0.2, 0) is 4.79 Å². The summed E-state index contributed by atoms with van der Waals surface area (Å²) >= 11 is 1.28. The van der Waals surface area contributed by atoms with Gasteiger partial charge in [0.15, 0.2) is 11.6 Å². The molecule has 0 bridgehead atoms. The molecule has 0 unspecified atom stereocenters. The average Bonchev–Trinajstić information content (AvgIpc) is 3.11. The first kappa shape index (κ1) is 17.9. The molecule has 1 amide bonds. The quantitative estimate of drug-likeness (QED) is 0.714. The minimum atomic E-state index is -0.286. The van der Waals surface area contributed by atoms with Crippen molar-refractivity contribution in [2.24, 2.45) is 0 Å². The van der Waals surface area contributed by atoms with Crippen LogP contribution in [0.3, 0.4) is 0 Å². The Labute approximate surface area is 155 Å². The van der Waals surface area contributed by atoms with Crippen LogP contribution in [0.15, 0.2) is 42.5 Å². The highest BCUT2D eigenvalue weighted by molar-refractivity contribution is 7.18. The number of carbonyl (C=O) groups excluding carboxylic acids is 1. The smallest absolute Gasteiger partial charge is 0.264 e. The molecule has 3 aromatic rings. The summed E-state index contributed by atoms with van der Waals surface area (Å²) in [5, 5.41) is 11.9. The van der Waals surface area contributed by atoms with Gasteiger partial charge in [-0.15, -0.1) is 10.2 Å². The maximum absolute atomic E-state index is 12.1. The summed E-state index contributed by atoms with van der Waals surface area (Å²) in [6.45, 7) is 3.94. The molecule has 0 fully saturated rings. The molecule has 26 heavy (non-hydrogen) atoms. The molecule has 0 radical (unpaired) electrons. The Balaban J connectivity index is 1.61. The second-order valence-corrected chi connectivity index (χ2v) is 6.67. The molecule has 0 aliphatic rings. The highest BCUT2D eigenvalue weighted by Crippen LogP contribution is 2.33. The molecule has 0 saturated carbocycles. The molecule has 0 aliphatic heterocycles. The number of nitrogens with one attached hydrogen (secondary N) is 1. The Bertz CT molecular complexity index is 924. The monoisotopic (exact) mass is 369 g/mol. The van der Waals surface area contributed by atoms with Crippen molar-refractivity contribution in [3.05, 3.63) is 53.6 Å². The number of rotatable bonds is 6. The topological polar surface area (TPSA) is 73.3 Å². The molecule has 3 rings (SSSR count). The predicted molar refractivity (Wildman–Crippen MR) is 102 cm³/mol. The summed E-state index contributed by atoms with van der Waals surface area (Å²) in [5.41, 5.74) is 3.13. The third kappa shape index (κ3) is 4.18. The van der Waals surface area contributed by atoms with Gasteiger partial charge in [-0.25, -0.2) is 0 Å². The van der Waals surface area contributed by atoms with Crippen LogP contribution in [0.1, 0.15) is 11.1 Å². The van der Waals surface area contributed by atoms with E-state index >= 15 is 0 Å². The zero-order chi connectivity index (χ0) is 18.5. The number of methoxy groups -OCH3 is 1. The standard InChI is InChI=1S/C19H19N3O3S/c1-12-8-9-14(10-13(12)2)25-11-17(23)20-19-22-21-18(26-19)15-6-4-5-7-16(15)24-3/h4-10H,11H2,1-3H3,(H,20,22,23). The Kier molecular flexibility index (Phi) is 5.48. The number of hydrogen-bond donors (Lipinski definition) is 1. The largest absolute Gasteiger partial charge is 0.496 e. The van der Waals surface area contributed by atoms with Crippen LogP contribution >= 0.6 is 11.3 Å². The summed E-state index contributed by atoms with van der Waals surface area (Å²) in [7, 11) is 1.60. The minimum absolute atomic E-state index is 0.0912.